The topological polar surface area (TPSA) is 20.2 Å². The quantitative estimate of drug-likeness (QED) is 0.474. The van der Waals surface area contributed by atoms with Crippen LogP contribution in [0.3, 0.4) is 0 Å². The van der Waals surface area contributed by atoms with Crippen molar-refractivity contribution in [2.45, 2.75) is 0 Å². The molecule has 0 aliphatic heterocycles. The van der Waals surface area contributed by atoms with Crippen LogP contribution in [0.25, 0.3) is 0 Å². The maximum absolute atomic E-state index is 8.64. The molecule has 7 heavy (non-hydrogen) atoms. The van der Waals surface area contributed by atoms with E-state index in [1.54, 1.807) is 10.8 Å². The first-order valence-corrected chi connectivity index (χ1v) is 2.75. The molecule has 0 spiro atoms. The van der Waals surface area contributed by atoms with E-state index in [0.717, 1.165) is 0 Å². The zero-order chi connectivity index (χ0) is 5.28. The first kappa shape index (κ1) is 4.72. The maximum Gasteiger partial charge on any atom is 0.120 e. The molecular weight excluding hydrogens is 107 g/mol. The Kier molecular flexibility index (Phi) is 1.07. The standard InChI is InChI=1S/C4H3BOS/c5-3-1-7-2-4(3)6/h1-2,6H. The molecule has 0 aliphatic rings. The van der Waals surface area contributed by atoms with Crippen LogP contribution in [-0.4, -0.2) is 13.0 Å². The predicted molar refractivity (Wildman–Crippen MR) is 31.4 cm³/mol. The van der Waals surface area contributed by atoms with Crippen molar-refractivity contribution in [2.24, 2.45) is 0 Å². The lowest BCUT2D eigenvalue weighted by molar-refractivity contribution is 0.482. The molecule has 0 aliphatic carbocycles. The molecule has 1 aromatic rings. The van der Waals surface area contributed by atoms with Gasteiger partial charge < -0.3 is 5.11 Å². The number of hydrogen-bond donors (Lipinski definition) is 1. The number of rotatable bonds is 0. The van der Waals surface area contributed by atoms with Crippen molar-refractivity contribution in [1.29, 1.82) is 0 Å². The van der Waals surface area contributed by atoms with Crippen LogP contribution in [0.15, 0.2) is 10.8 Å². The van der Waals surface area contributed by atoms with Crippen molar-refractivity contribution in [1.82, 2.24) is 0 Å². The van der Waals surface area contributed by atoms with Gasteiger partial charge in [0.1, 0.15) is 13.6 Å². The molecule has 0 unspecified atom stereocenters. The number of hydrogen-bond acceptors (Lipinski definition) is 2. The van der Waals surface area contributed by atoms with Crippen LogP contribution in [0.4, 0.5) is 0 Å². The minimum absolute atomic E-state index is 0.185. The van der Waals surface area contributed by atoms with E-state index in [9.17, 15) is 0 Å². The second kappa shape index (κ2) is 1.58. The monoisotopic (exact) mass is 110 g/mol. The Bertz CT molecular complexity index is 144. The molecule has 3 heteroatoms. The smallest absolute Gasteiger partial charge is 0.120 e. The molecule has 0 atom stereocenters. The van der Waals surface area contributed by atoms with Crippen LogP contribution < -0.4 is 5.46 Å². The third-order valence-electron chi connectivity index (χ3n) is 0.670. The summed E-state index contributed by atoms with van der Waals surface area (Å²) < 4.78 is 0. The van der Waals surface area contributed by atoms with E-state index >= 15 is 0 Å². The van der Waals surface area contributed by atoms with E-state index in [1.165, 1.54) is 11.3 Å². The van der Waals surface area contributed by atoms with Gasteiger partial charge in [0.05, 0.1) is 0 Å². The van der Waals surface area contributed by atoms with Gasteiger partial charge in [-0.25, -0.2) is 0 Å². The van der Waals surface area contributed by atoms with E-state index in [0.29, 0.717) is 5.46 Å². The molecule has 34 valence electrons. The van der Waals surface area contributed by atoms with Crippen LogP contribution in [0.1, 0.15) is 0 Å². The Morgan fingerprint density at radius 1 is 1.57 bits per heavy atom. The number of aromatic hydroxyl groups is 1. The first-order valence-electron chi connectivity index (χ1n) is 1.81. The zero-order valence-electron chi connectivity index (χ0n) is 3.59. The fraction of sp³-hybridized carbons (Fsp3) is 0. The summed E-state index contributed by atoms with van der Waals surface area (Å²) in [6, 6.07) is 0. The van der Waals surface area contributed by atoms with Crippen molar-refractivity contribution >= 4 is 24.6 Å². The molecule has 0 aromatic carbocycles. The Morgan fingerprint density at radius 3 is 2.43 bits per heavy atom. The predicted octanol–water partition coefficient (Wildman–Crippen LogP) is 0.247. The first-order chi connectivity index (χ1) is 3.30. The van der Waals surface area contributed by atoms with Gasteiger partial charge in [0.25, 0.3) is 0 Å². The van der Waals surface area contributed by atoms with Crippen LogP contribution in [0, 0.1) is 0 Å². The Balaban J connectivity index is 3.12. The van der Waals surface area contributed by atoms with Gasteiger partial charge in [-0.15, -0.1) is 11.3 Å². The molecule has 0 saturated heterocycles. The summed E-state index contributed by atoms with van der Waals surface area (Å²) in [5, 5.41) is 11.9. The fourth-order valence-electron chi connectivity index (χ4n) is 0.300. The van der Waals surface area contributed by atoms with Crippen LogP contribution in [-0.2, 0) is 0 Å². The molecule has 1 aromatic heterocycles. The minimum Gasteiger partial charge on any atom is -0.508 e. The summed E-state index contributed by atoms with van der Waals surface area (Å²) in [5.41, 5.74) is 0.463. The van der Waals surface area contributed by atoms with E-state index in [1.807, 2.05) is 0 Å². The average molecular weight is 110 g/mol. The largest absolute Gasteiger partial charge is 0.508 e. The van der Waals surface area contributed by atoms with Gasteiger partial charge in [0.2, 0.25) is 0 Å². The minimum atomic E-state index is 0.185. The van der Waals surface area contributed by atoms with E-state index in [2.05, 4.69) is 0 Å². The highest BCUT2D eigenvalue weighted by Gasteiger charge is 1.89. The molecule has 0 bridgehead atoms. The van der Waals surface area contributed by atoms with Gasteiger partial charge in [-0.1, -0.05) is 0 Å². The second-order valence-electron chi connectivity index (χ2n) is 1.21. The van der Waals surface area contributed by atoms with Gasteiger partial charge >= 0.3 is 0 Å². The van der Waals surface area contributed by atoms with Gasteiger partial charge in [-0.05, 0) is 10.8 Å². The highest BCUT2D eigenvalue weighted by molar-refractivity contribution is 7.09. The molecule has 1 heterocycles. The maximum atomic E-state index is 8.64. The Morgan fingerprint density at radius 2 is 2.29 bits per heavy atom. The normalized spacial score (nSPS) is 9.14. The molecule has 0 fully saturated rings. The average Bonchev–Trinajstić information content (AvgIpc) is 1.91. The van der Waals surface area contributed by atoms with Crippen LogP contribution in [0.5, 0.6) is 5.75 Å². The summed E-state index contributed by atoms with van der Waals surface area (Å²) in [6.07, 6.45) is 0. The molecule has 0 saturated carbocycles. The SMILES string of the molecule is [B]c1cscc1O. The number of thiophene rings is 1. The Labute approximate surface area is 47.0 Å². The molecule has 0 amide bonds. The van der Waals surface area contributed by atoms with Gasteiger partial charge in [-0.2, -0.15) is 0 Å². The van der Waals surface area contributed by atoms with E-state index in [-0.39, 0.29) is 5.75 Å². The van der Waals surface area contributed by atoms with Crippen LogP contribution in [0.2, 0.25) is 0 Å². The molecule has 1 nitrogen and oxygen atoms in total. The lowest BCUT2D eigenvalue weighted by atomic mass is 10.0. The molecule has 1 N–H and O–H groups in total. The fourth-order valence-corrected chi connectivity index (χ4v) is 0.901. The lowest BCUT2D eigenvalue weighted by Gasteiger charge is -1.80. The van der Waals surface area contributed by atoms with Crippen molar-refractivity contribution < 1.29 is 5.11 Å². The van der Waals surface area contributed by atoms with Gasteiger partial charge in [-0.3, -0.25) is 0 Å². The van der Waals surface area contributed by atoms with Gasteiger partial charge in [0, 0.05) is 5.38 Å². The van der Waals surface area contributed by atoms with Gasteiger partial charge in [0.15, 0.2) is 0 Å². The van der Waals surface area contributed by atoms with E-state index in [4.69, 9.17) is 13.0 Å². The summed E-state index contributed by atoms with van der Waals surface area (Å²) in [4.78, 5) is 0. The second-order valence-corrected chi connectivity index (χ2v) is 1.96. The van der Waals surface area contributed by atoms with Crippen molar-refractivity contribution in [3.8, 4) is 5.75 Å². The zero-order valence-corrected chi connectivity index (χ0v) is 4.40. The van der Waals surface area contributed by atoms with E-state index < -0.39 is 0 Å². The highest BCUT2D eigenvalue weighted by Crippen LogP contribution is 2.06. The summed E-state index contributed by atoms with van der Waals surface area (Å²) in [5.74, 6) is 0.185. The highest BCUT2D eigenvalue weighted by atomic mass is 32.1. The van der Waals surface area contributed by atoms with Crippen molar-refractivity contribution in [3.05, 3.63) is 10.8 Å². The molecular formula is C4H3BOS. The van der Waals surface area contributed by atoms with Crippen molar-refractivity contribution in [3.63, 3.8) is 0 Å². The molecule has 1 rings (SSSR count). The van der Waals surface area contributed by atoms with Crippen molar-refractivity contribution in [2.75, 3.05) is 0 Å². The summed E-state index contributed by atoms with van der Waals surface area (Å²) in [7, 11) is 5.20. The third-order valence-corrected chi connectivity index (χ3v) is 1.42. The van der Waals surface area contributed by atoms with Crippen LogP contribution >= 0.6 is 11.3 Å². The summed E-state index contributed by atoms with van der Waals surface area (Å²) in [6.45, 7) is 0. The summed E-state index contributed by atoms with van der Waals surface area (Å²) >= 11 is 1.39. The molecule has 2 radical (unpaired) electrons. The Hall–Kier alpha value is -0.435. The lowest BCUT2D eigenvalue weighted by Crippen LogP contribution is -1.94. The third kappa shape index (κ3) is 0.773.